The lowest BCUT2D eigenvalue weighted by atomic mass is 9.88. The summed E-state index contributed by atoms with van der Waals surface area (Å²) in [5.41, 5.74) is 0.974. The topological polar surface area (TPSA) is 51.0 Å². The smallest absolute Gasteiger partial charge is 0.240 e. The SMILES string of the molecule is Fc1ccc(C2(NCc3nc(-c4ccc(Br)s4)no3)CCCC2)cc1. The van der Waals surface area contributed by atoms with Gasteiger partial charge in [-0.2, -0.15) is 4.98 Å². The number of hydrogen-bond acceptors (Lipinski definition) is 5. The molecule has 0 atom stereocenters. The number of halogens is 2. The van der Waals surface area contributed by atoms with E-state index in [0.29, 0.717) is 18.3 Å². The maximum Gasteiger partial charge on any atom is 0.240 e. The van der Waals surface area contributed by atoms with Crippen LogP contribution in [0.5, 0.6) is 0 Å². The van der Waals surface area contributed by atoms with Crippen molar-refractivity contribution in [3.05, 3.63) is 57.5 Å². The average molecular weight is 422 g/mol. The second kappa shape index (κ2) is 6.97. The monoisotopic (exact) mass is 421 g/mol. The average Bonchev–Trinajstić information content (AvgIpc) is 3.34. The van der Waals surface area contributed by atoms with E-state index in [1.54, 1.807) is 11.3 Å². The predicted molar refractivity (Wildman–Crippen MR) is 98.7 cm³/mol. The Hall–Kier alpha value is -1.57. The van der Waals surface area contributed by atoms with Crippen LogP contribution < -0.4 is 5.32 Å². The number of aromatic nitrogens is 2. The molecule has 0 amide bonds. The second-order valence-electron chi connectivity index (χ2n) is 6.27. The molecule has 0 radical (unpaired) electrons. The lowest BCUT2D eigenvalue weighted by Gasteiger charge is -2.30. The van der Waals surface area contributed by atoms with Gasteiger partial charge in [0.25, 0.3) is 0 Å². The summed E-state index contributed by atoms with van der Waals surface area (Å²) in [7, 11) is 0. The fourth-order valence-corrected chi connectivity index (χ4v) is 4.73. The second-order valence-corrected chi connectivity index (χ2v) is 8.73. The van der Waals surface area contributed by atoms with Gasteiger partial charge in [-0.25, -0.2) is 4.39 Å². The van der Waals surface area contributed by atoms with Gasteiger partial charge < -0.3 is 4.52 Å². The summed E-state index contributed by atoms with van der Waals surface area (Å²) in [4.78, 5) is 5.45. The van der Waals surface area contributed by atoms with Gasteiger partial charge in [0.05, 0.1) is 15.2 Å². The van der Waals surface area contributed by atoms with Crippen molar-refractivity contribution in [2.45, 2.75) is 37.8 Å². The Morgan fingerprint density at radius 3 is 2.60 bits per heavy atom. The van der Waals surface area contributed by atoms with E-state index in [2.05, 4.69) is 31.4 Å². The number of nitrogens with zero attached hydrogens (tertiary/aromatic N) is 2. The van der Waals surface area contributed by atoms with E-state index in [1.165, 1.54) is 12.1 Å². The molecule has 2 aromatic heterocycles. The summed E-state index contributed by atoms with van der Waals surface area (Å²) in [6, 6.07) is 10.7. The van der Waals surface area contributed by atoms with Crippen LogP contribution in [-0.4, -0.2) is 10.1 Å². The normalized spacial score (nSPS) is 16.4. The van der Waals surface area contributed by atoms with E-state index >= 15 is 0 Å². The van der Waals surface area contributed by atoms with Gasteiger partial charge in [0.1, 0.15) is 5.82 Å². The molecule has 7 heteroatoms. The highest BCUT2D eigenvalue weighted by Gasteiger charge is 2.35. The Morgan fingerprint density at radius 1 is 1.16 bits per heavy atom. The molecule has 0 bridgehead atoms. The van der Waals surface area contributed by atoms with E-state index in [0.717, 1.165) is 39.9 Å². The van der Waals surface area contributed by atoms with Crippen LogP contribution in [0.3, 0.4) is 0 Å². The summed E-state index contributed by atoms with van der Waals surface area (Å²) in [6.07, 6.45) is 4.36. The molecule has 1 aromatic carbocycles. The van der Waals surface area contributed by atoms with Gasteiger partial charge >= 0.3 is 0 Å². The van der Waals surface area contributed by atoms with E-state index in [-0.39, 0.29) is 11.4 Å². The molecule has 0 aliphatic heterocycles. The molecule has 1 aliphatic carbocycles. The maximum absolute atomic E-state index is 13.3. The Bertz CT molecular complexity index is 855. The molecule has 0 spiro atoms. The summed E-state index contributed by atoms with van der Waals surface area (Å²) in [6.45, 7) is 0.497. The predicted octanol–water partition coefficient (Wildman–Crippen LogP) is 5.26. The van der Waals surface area contributed by atoms with E-state index < -0.39 is 0 Å². The molecule has 25 heavy (non-hydrogen) atoms. The highest BCUT2D eigenvalue weighted by atomic mass is 79.9. The number of rotatable bonds is 5. The van der Waals surface area contributed by atoms with Crippen molar-refractivity contribution in [2.75, 3.05) is 0 Å². The highest BCUT2D eigenvalue weighted by molar-refractivity contribution is 9.11. The van der Waals surface area contributed by atoms with Crippen LogP contribution >= 0.6 is 27.3 Å². The largest absolute Gasteiger partial charge is 0.338 e. The first-order valence-electron chi connectivity index (χ1n) is 8.24. The van der Waals surface area contributed by atoms with E-state index in [1.807, 2.05) is 24.3 Å². The zero-order chi connectivity index (χ0) is 17.3. The summed E-state index contributed by atoms with van der Waals surface area (Å²) < 4.78 is 19.7. The van der Waals surface area contributed by atoms with Crippen LogP contribution in [0.25, 0.3) is 10.7 Å². The van der Waals surface area contributed by atoms with Crippen molar-refractivity contribution < 1.29 is 8.91 Å². The van der Waals surface area contributed by atoms with Gasteiger partial charge in [-0.3, -0.25) is 5.32 Å². The van der Waals surface area contributed by atoms with Crippen molar-refractivity contribution in [3.8, 4) is 10.7 Å². The van der Waals surface area contributed by atoms with Crippen LogP contribution in [-0.2, 0) is 12.1 Å². The number of hydrogen-bond donors (Lipinski definition) is 1. The maximum atomic E-state index is 13.3. The molecule has 0 saturated heterocycles. The third-order valence-corrected chi connectivity index (χ3v) is 6.31. The molecule has 2 heterocycles. The Kier molecular flexibility index (Phi) is 4.71. The van der Waals surface area contributed by atoms with Gasteiger partial charge in [0, 0.05) is 5.54 Å². The van der Waals surface area contributed by atoms with Crippen molar-refractivity contribution in [3.63, 3.8) is 0 Å². The fraction of sp³-hybridized carbons (Fsp3) is 0.333. The highest BCUT2D eigenvalue weighted by Crippen LogP contribution is 2.39. The zero-order valence-electron chi connectivity index (χ0n) is 13.5. The van der Waals surface area contributed by atoms with Crippen LogP contribution in [0.15, 0.2) is 44.7 Å². The van der Waals surface area contributed by atoms with Crippen LogP contribution in [0.1, 0.15) is 37.1 Å². The van der Waals surface area contributed by atoms with E-state index in [9.17, 15) is 4.39 Å². The molecule has 130 valence electrons. The molecule has 1 aliphatic rings. The molecule has 3 aromatic rings. The molecule has 1 fully saturated rings. The zero-order valence-corrected chi connectivity index (χ0v) is 15.9. The molecular weight excluding hydrogens is 405 g/mol. The summed E-state index contributed by atoms with van der Waals surface area (Å²) in [5.74, 6) is 0.961. The minimum atomic E-state index is -0.208. The van der Waals surface area contributed by atoms with Gasteiger partial charge in [-0.15, -0.1) is 11.3 Å². The summed E-state index contributed by atoms with van der Waals surface area (Å²) in [5, 5.41) is 7.66. The number of thiophene rings is 1. The van der Waals surface area contributed by atoms with Crippen molar-refractivity contribution in [1.29, 1.82) is 0 Å². The molecule has 0 unspecified atom stereocenters. The summed E-state index contributed by atoms with van der Waals surface area (Å²) >= 11 is 5.01. The minimum absolute atomic E-state index is 0.145. The van der Waals surface area contributed by atoms with E-state index in [4.69, 9.17) is 4.52 Å². The number of nitrogens with one attached hydrogen (secondary N) is 1. The Balaban J connectivity index is 1.50. The molecule has 4 rings (SSSR count). The lowest BCUT2D eigenvalue weighted by molar-refractivity contribution is 0.298. The number of benzene rings is 1. The molecule has 4 nitrogen and oxygen atoms in total. The van der Waals surface area contributed by atoms with Crippen molar-refractivity contribution in [1.82, 2.24) is 15.5 Å². The minimum Gasteiger partial charge on any atom is -0.338 e. The van der Waals surface area contributed by atoms with Crippen LogP contribution in [0, 0.1) is 5.82 Å². The molecule has 1 N–H and O–H groups in total. The van der Waals surface area contributed by atoms with Gasteiger partial charge in [0.15, 0.2) is 0 Å². The van der Waals surface area contributed by atoms with Crippen LogP contribution in [0.2, 0.25) is 0 Å². The lowest BCUT2D eigenvalue weighted by Crippen LogP contribution is -2.39. The Labute approximate surface area is 157 Å². The third kappa shape index (κ3) is 3.54. The van der Waals surface area contributed by atoms with Crippen LogP contribution in [0.4, 0.5) is 4.39 Å². The first-order valence-corrected chi connectivity index (χ1v) is 9.85. The van der Waals surface area contributed by atoms with Crippen molar-refractivity contribution in [2.24, 2.45) is 0 Å². The Morgan fingerprint density at radius 2 is 1.92 bits per heavy atom. The molecule has 1 saturated carbocycles. The first-order chi connectivity index (χ1) is 12.1. The quantitative estimate of drug-likeness (QED) is 0.610. The van der Waals surface area contributed by atoms with Gasteiger partial charge in [-0.1, -0.05) is 30.1 Å². The third-order valence-electron chi connectivity index (χ3n) is 4.69. The standard InChI is InChI=1S/C18H17BrFN3OS/c19-15-8-7-14(25-15)17-22-16(24-23-17)11-21-18(9-1-2-10-18)12-3-5-13(20)6-4-12/h3-8,21H,1-2,9-11H2. The van der Waals surface area contributed by atoms with Gasteiger partial charge in [0.2, 0.25) is 11.7 Å². The van der Waals surface area contributed by atoms with Crippen molar-refractivity contribution >= 4 is 27.3 Å². The van der Waals surface area contributed by atoms with Gasteiger partial charge in [-0.05, 0) is 58.6 Å². The molecular formula is C18H17BrFN3OS. The first kappa shape index (κ1) is 16.9. The fourth-order valence-electron chi connectivity index (χ4n) is 3.42.